The minimum Gasteiger partial charge on any atom is -0.322 e. The molecule has 0 atom stereocenters. The van der Waals surface area contributed by atoms with Gasteiger partial charge in [-0.25, -0.2) is 0 Å². The van der Waals surface area contributed by atoms with Gasteiger partial charge in [-0.2, -0.15) is 5.26 Å². The summed E-state index contributed by atoms with van der Waals surface area (Å²) >= 11 is 0. The molecule has 0 unspecified atom stereocenters. The predicted octanol–water partition coefficient (Wildman–Crippen LogP) is 5.36. The Morgan fingerprint density at radius 3 is 1.47 bits per heavy atom. The third kappa shape index (κ3) is 5.12. The maximum atomic E-state index is 12.5. The third-order valence-electron chi connectivity index (χ3n) is 4.69. The minimum absolute atomic E-state index is 0.0523. The molecule has 0 aliphatic heterocycles. The number of nitrogens with zero attached hydrogens (tertiary/aromatic N) is 1. The summed E-state index contributed by atoms with van der Waals surface area (Å²) in [6.07, 6.45) is 0. The first-order valence-corrected chi connectivity index (χ1v) is 9.60. The maximum absolute atomic E-state index is 12.5. The Balaban J connectivity index is 1.63. The van der Waals surface area contributed by atoms with Gasteiger partial charge >= 0.3 is 0 Å². The van der Waals surface area contributed by atoms with E-state index in [-0.39, 0.29) is 17.2 Å². The molecule has 0 heterocycles. The molecular formula is C25H23N3O2. The SMILES string of the molecule is CC(C)(C)c1ccc(NC(=O)c2ccc(C(=O)Nc3ccc(C#N)cc3)cc2)cc1. The Morgan fingerprint density at radius 1 is 0.700 bits per heavy atom. The molecule has 2 N–H and O–H groups in total. The van der Waals surface area contributed by atoms with Crippen LogP contribution in [0.5, 0.6) is 0 Å². The van der Waals surface area contributed by atoms with Crippen LogP contribution in [-0.2, 0) is 5.41 Å². The molecule has 0 bridgehead atoms. The van der Waals surface area contributed by atoms with Crippen LogP contribution in [0.4, 0.5) is 11.4 Å². The molecular weight excluding hydrogens is 374 g/mol. The van der Waals surface area contributed by atoms with Crippen molar-refractivity contribution >= 4 is 23.2 Å². The quantitative estimate of drug-likeness (QED) is 0.622. The van der Waals surface area contributed by atoms with Crippen molar-refractivity contribution in [3.05, 3.63) is 95.1 Å². The van der Waals surface area contributed by atoms with Crippen molar-refractivity contribution in [2.75, 3.05) is 10.6 Å². The molecule has 0 radical (unpaired) electrons. The van der Waals surface area contributed by atoms with Gasteiger partial charge in [-0.05, 0) is 71.6 Å². The first-order chi connectivity index (χ1) is 14.3. The van der Waals surface area contributed by atoms with Crippen LogP contribution in [0, 0.1) is 11.3 Å². The molecule has 5 nitrogen and oxygen atoms in total. The van der Waals surface area contributed by atoms with Crippen LogP contribution in [0.15, 0.2) is 72.8 Å². The molecule has 0 aliphatic rings. The first kappa shape index (κ1) is 20.8. The molecule has 3 aromatic carbocycles. The first-order valence-electron chi connectivity index (χ1n) is 9.60. The monoisotopic (exact) mass is 397 g/mol. The Hall–Kier alpha value is -3.91. The van der Waals surface area contributed by atoms with E-state index >= 15 is 0 Å². The number of hydrogen-bond donors (Lipinski definition) is 2. The number of carbonyl (C=O) groups is 2. The summed E-state index contributed by atoms with van der Waals surface area (Å²) in [5.41, 5.74) is 3.98. The second-order valence-corrected chi connectivity index (χ2v) is 8.00. The van der Waals surface area contributed by atoms with Crippen molar-refractivity contribution in [2.45, 2.75) is 26.2 Å². The zero-order valence-corrected chi connectivity index (χ0v) is 17.2. The lowest BCUT2D eigenvalue weighted by Crippen LogP contribution is -2.15. The number of hydrogen-bond acceptors (Lipinski definition) is 3. The van der Waals surface area contributed by atoms with E-state index in [2.05, 4.69) is 31.4 Å². The van der Waals surface area contributed by atoms with Gasteiger partial charge in [0.15, 0.2) is 0 Å². The van der Waals surface area contributed by atoms with E-state index < -0.39 is 0 Å². The van der Waals surface area contributed by atoms with Gasteiger partial charge in [-0.3, -0.25) is 9.59 Å². The molecule has 2 amide bonds. The highest BCUT2D eigenvalue weighted by Crippen LogP contribution is 2.23. The average molecular weight is 397 g/mol. The summed E-state index contributed by atoms with van der Waals surface area (Å²) in [5, 5.41) is 14.5. The summed E-state index contributed by atoms with van der Waals surface area (Å²) in [4.78, 5) is 24.9. The number of rotatable bonds is 4. The maximum Gasteiger partial charge on any atom is 0.255 e. The van der Waals surface area contributed by atoms with Crippen molar-refractivity contribution in [1.82, 2.24) is 0 Å². The second kappa shape index (κ2) is 8.62. The van der Waals surface area contributed by atoms with E-state index in [1.807, 2.05) is 30.3 Å². The molecule has 0 spiro atoms. The zero-order valence-electron chi connectivity index (χ0n) is 17.2. The van der Waals surface area contributed by atoms with E-state index in [0.29, 0.717) is 22.4 Å². The highest BCUT2D eigenvalue weighted by Gasteiger charge is 2.14. The van der Waals surface area contributed by atoms with E-state index in [4.69, 9.17) is 5.26 Å². The lowest BCUT2D eigenvalue weighted by molar-refractivity contribution is 0.101. The standard InChI is InChI=1S/C25H23N3O2/c1-25(2,3)20-10-14-22(15-11-20)28-24(30)19-8-6-18(7-9-19)23(29)27-21-12-4-17(16-26)5-13-21/h4-15H,1-3H3,(H,27,29)(H,28,30). The van der Waals surface area contributed by atoms with Gasteiger partial charge in [0.05, 0.1) is 11.6 Å². The smallest absolute Gasteiger partial charge is 0.255 e. The fourth-order valence-electron chi connectivity index (χ4n) is 2.86. The van der Waals surface area contributed by atoms with E-state index in [1.54, 1.807) is 48.5 Å². The molecule has 30 heavy (non-hydrogen) atoms. The molecule has 150 valence electrons. The molecule has 0 saturated heterocycles. The molecule has 5 heteroatoms. The summed E-state index contributed by atoms with van der Waals surface area (Å²) in [5.74, 6) is -0.526. The Labute approximate surface area is 176 Å². The van der Waals surface area contributed by atoms with E-state index in [9.17, 15) is 9.59 Å². The number of amides is 2. The lowest BCUT2D eigenvalue weighted by Gasteiger charge is -2.19. The molecule has 0 aliphatic carbocycles. The van der Waals surface area contributed by atoms with Crippen LogP contribution in [-0.4, -0.2) is 11.8 Å². The molecule has 0 fully saturated rings. The Bertz CT molecular complexity index is 1090. The molecule has 3 rings (SSSR count). The van der Waals surface area contributed by atoms with Crippen LogP contribution in [0.25, 0.3) is 0 Å². The number of anilines is 2. The van der Waals surface area contributed by atoms with Crippen molar-refractivity contribution < 1.29 is 9.59 Å². The van der Waals surface area contributed by atoms with Gasteiger partial charge in [-0.15, -0.1) is 0 Å². The third-order valence-corrected chi connectivity index (χ3v) is 4.69. The normalized spacial score (nSPS) is 10.7. The largest absolute Gasteiger partial charge is 0.322 e. The van der Waals surface area contributed by atoms with Crippen LogP contribution in [0.2, 0.25) is 0 Å². The average Bonchev–Trinajstić information content (AvgIpc) is 2.74. The number of benzene rings is 3. The van der Waals surface area contributed by atoms with Crippen LogP contribution in [0.3, 0.4) is 0 Å². The highest BCUT2D eigenvalue weighted by molar-refractivity contribution is 6.07. The van der Waals surface area contributed by atoms with Crippen LogP contribution < -0.4 is 10.6 Å². The van der Waals surface area contributed by atoms with Crippen LogP contribution >= 0.6 is 0 Å². The summed E-state index contributed by atoms with van der Waals surface area (Å²) in [6.45, 7) is 6.42. The van der Waals surface area contributed by atoms with Crippen molar-refractivity contribution in [3.63, 3.8) is 0 Å². The Kier molecular flexibility index (Phi) is 5.98. The fraction of sp³-hybridized carbons (Fsp3) is 0.160. The predicted molar refractivity (Wildman–Crippen MR) is 119 cm³/mol. The van der Waals surface area contributed by atoms with Crippen molar-refractivity contribution in [2.24, 2.45) is 0 Å². The van der Waals surface area contributed by atoms with Crippen molar-refractivity contribution in [3.8, 4) is 6.07 Å². The highest BCUT2D eigenvalue weighted by atomic mass is 16.2. The Morgan fingerprint density at radius 2 is 1.10 bits per heavy atom. The van der Waals surface area contributed by atoms with Gasteiger partial charge in [0.1, 0.15) is 0 Å². The second-order valence-electron chi connectivity index (χ2n) is 8.00. The molecule has 0 saturated carbocycles. The summed E-state index contributed by atoms with van der Waals surface area (Å²) in [7, 11) is 0. The topological polar surface area (TPSA) is 82.0 Å². The molecule has 0 aromatic heterocycles. The summed E-state index contributed by atoms with van der Waals surface area (Å²) in [6, 6.07) is 22.9. The van der Waals surface area contributed by atoms with Gasteiger partial charge < -0.3 is 10.6 Å². The lowest BCUT2D eigenvalue weighted by atomic mass is 9.87. The number of carbonyl (C=O) groups excluding carboxylic acids is 2. The van der Waals surface area contributed by atoms with Crippen molar-refractivity contribution in [1.29, 1.82) is 5.26 Å². The number of nitriles is 1. The van der Waals surface area contributed by atoms with E-state index in [0.717, 1.165) is 5.69 Å². The van der Waals surface area contributed by atoms with Gasteiger partial charge in [0.25, 0.3) is 11.8 Å². The zero-order chi connectivity index (χ0) is 21.7. The van der Waals surface area contributed by atoms with Gasteiger partial charge in [-0.1, -0.05) is 32.9 Å². The fourth-order valence-corrected chi connectivity index (χ4v) is 2.86. The van der Waals surface area contributed by atoms with Gasteiger partial charge in [0.2, 0.25) is 0 Å². The number of nitrogens with one attached hydrogen (secondary N) is 2. The van der Waals surface area contributed by atoms with Gasteiger partial charge in [0, 0.05) is 22.5 Å². The van der Waals surface area contributed by atoms with Crippen LogP contribution in [0.1, 0.15) is 52.6 Å². The minimum atomic E-state index is -0.288. The molecule has 3 aromatic rings. The van der Waals surface area contributed by atoms with E-state index in [1.165, 1.54) is 5.56 Å². The summed E-state index contributed by atoms with van der Waals surface area (Å²) < 4.78 is 0.